The molecule has 0 spiro atoms. The number of imidazole rings is 1. The van der Waals surface area contributed by atoms with E-state index < -0.39 is 0 Å². The number of benzene rings is 3. The molecule has 0 amide bonds. The molecular formula is C26H21N5O2. The summed E-state index contributed by atoms with van der Waals surface area (Å²) in [6.07, 6.45) is 1.82. The van der Waals surface area contributed by atoms with Gasteiger partial charge in [-0.1, -0.05) is 17.3 Å². The number of para-hydroxylation sites is 1. The number of hydrogen-bond donors (Lipinski definition) is 0. The molecule has 0 saturated heterocycles. The van der Waals surface area contributed by atoms with Crippen LogP contribution in [0, 0.1) is 0 Å². The van der Waals surface area contributed by atoms with Gasteiger partial charge in [-0.15, -0.1) is 5.10 Å². The van der Waals surface area contributed by atoms with E-state index in [4.69, 9.17) is 14.5 Å². The van der Waals surface area contributed by atoms with Crippen LogP contribution in [0.2, 0.25) is 0 Å². The molecular weight excluding hydrogens is 414 g/mol. The maximum atomic E-state index is 5.39. The first-order chi connectivity index (χ1) is 16.3. The Kier molecular flexibility index (Phi) is 4.47. The highest BCUT2D eigenvalue weighted by Gasteiger charge is 2.27. The van der Waals surface area contributed by atoms with Crippen LogP contribution in [0.5, 0.6) is 11.5 Å². The van der Waals surface area contributed by atoms with Gasteiger partial charge in [-0.05, 0) is 60.7 Å². The summed E-state index contributed by atoms with van der Waals surface area (Å²) in [6, 6.07) is 24.3. The topological polar surface area (TPSA) is 67.0 Å². The summed E-state index contributed by atoms with van der Waals surface area (Å²) in [5.41, 5.74) is 6.99. The first-order valence-corrected chi connectivity index (χ1v) is 10.7. The second-order valence-corrected chi connectivity index (χ2v) is 7.83. The smallest absolute Gasteiger partial charge is 0.143 e. The highest BCUT2D eigenvalue weighted by atomic mass is 16.5. The second kappa shape index (κ2) is 7.63. The van der Waals surface area contributed by atoms with Crippen molar-refractivity contribution in [3.05, 3.63) is 84.7 Å². The molecule has 0 unspecified atom stereocenters. The van der Waals surface area contributed by atoms with E-state index in [1.165, 1.54) is 0 Å². The molecule has 0 radical (unpaired) electrons. The normalized spacial score (nSPS) is 11.8. The minimum absolute atomic E-state index is 0.599. The van der Waals surface area contributed by atoms with Crippen molar-refractivity contribution in [3.63, 3.8) is 0 Å². The number of aromatic nitrogens is 5. The molecule has 2 aromatic heterocycles. The summed E-state index contributed by atoms with van der Waals surface area (Å²) < 4.78 is 14.9. The van der Waals surface area contributed by atoms with Crippen LogP contribution in [0.4, 0.5) is 0 Å². The van der Waals surface area contributed by atoms with Gasteiger partial charge in [-0.2, -0.15) is 0 Å². The molecule has 0 saturated carbocycles. The lowest BCUT2D eigenvalue weighted by Gasteiger charge is -2.12. The lowest BCUT2D eigenvalue weighted by atomic mass is 10.0. The molecule has 1 aliphatic rings. The summed E-state index contributed by atoms with van der Waals surface area (Å²) in [5.74, 6) is 2.52. The van der Waals surface area contributed by atoms with Gasteiger partial charge in [0.2, 0.25) is 0 Å². The van der Waals surface area contributed by atoms with Crippen molar-refractivity contribution in [2.24, 2.45) is 0 Å². The van der Waals surface area contributed by atoms with Gasteiger partial charge in [0.1, 0.15) is 17.3 Å². The van der Waals surface area contributed by atoms with E-state index in [0.717, 1.165) is 56.8 Å². The van der Waals surface area contributed by atoms with Crippen LogP contribution in [-0.4, -0.2) is 38.8 Å². The quantitative estimate of drug-likeness (QED) is 0.396. The van der Waals surface area contributed by atoms with Crippen molar-refractivity contribution in [2.45, 2.75) is 6.54 Å². The molecule has 6 rings (SSSR count). The second-order valence-electron chi connectivity index (χ2n) is 7.83. The van der Waals surface area contributed by atoms with Crippen LogP contribution in [0.15, 0.2) is 79.0 Å². The van der Waals surface area contributed by atoms with Gasteiger partial charge in [-0.25, -0.2) is 9.67 Å². The zero-order chi connectivity index (χ0) is 22.4. The fourth-order valence-electron chi connectivity index (χ4n) is 4.38. The predicted octanol–water partition coefficient (Wildman–Crippen LogP) is 4.84. The predicted molar refractivity (Wildman–Crippen MR) is 126 cm³/mol. The van der Waals surface area contributed by atoms with Crippen LogP contribution in [0.3, 0.4) is 0 Å². The third kappa shape index (κ3) is 3.09. The maximum absolute atomic E-state index is 5.39. The fraction of sp³-hybridized carbons (Fsp3) is 0.115. The lowest BCUT2D eigenvalue weighted by molar-refractivity contribution is 0.414. The summed E-state index contributed by atoms with van der Waals surface area (Å²) in [6.45, 7) is 0.599. The number of fused-ring (bicyclic) bond motifs is 5. The Morgan fingerprint density at radius 3 is 2.15 bits per heavy atom. The largest absolute Gasteiger partial charge is 0.497 e. The molecule has 1 aliphatic heterocycles. The number of methoxy groups -OCH3 is 2. The van der Waals surface area contributed by atoms with Crippen LogP contribution in [0.1, 0.15) is 5.69 Å². The van der Waals surface area contributed by atoms with Gasteiger partial charge in [0.15, 0.2) is 0 Å². The first-order valence-electron chi connectivity index (χ1n) is 10.7. The monoisotopic (exact) mass is 435 g/mol. The molecule has 0 N–H and O–H groups in total. The molecule has 0 bridgehead atoms. The van der Waals surface area contributed by atoms with E-state index >= 15 is 0 Å². The van der Waals surface area contributed by atoms with Crippen LogP contribution >= 0.6 is 0 Å². The molecule has 3 heterocycles. The molecule has 5 aromatic rings. The van der Waals surface area contributed by atoms with Gasteiger partial charge in [0.25, 0.3) is 0 Å². The molecule has 33 heavy (non-hydrogen) atoms. The third-order valence-corrected chi connectivity index (χ3v) is 6.01. The average Bonchev–Trinajstić information content (AvgIpc) is 3.46. The molecule has 0 fully saturated rings. The molecule has 7 heteroatoms. The Hall–Kier alpha value is -4.39. The first kappa shape index (κ1) is 19.3. The highest BCUT2D eigenvalue weighted by Crippen LogP contribution is 2.40. The fourth-order valence-corrected chi connectivity index (χ4v) is 4.38. The van der Waals surface area contributed by atoms with E-state index in [2.05, 4.69) is 39.1 Å². The minimum Gasteiger partial charge on any atom is -0.497 e. The molecule has 3 aromatic carbocycles. The van der Waals surface area contributed by atoms with Gasteiger partial charge in [-0.3, -0.25) is 0 Å². The number of ether oxygens (including phenoxy) is 2. The molecule has 0 aliphatic carbocycles. The Balaban J connectivity index is 1.65. The summed E-state index contributed by atoms with van der Waals surface area (Å²) in [4.78, 5) is 5.19. The molecule has 162 valence electrons. The van der Waals surface area contributed by atoms with E-state index in [1.807, 2.05) is 59.4 Å². The maximum Gasteiger partial charge on any atom is 0.143 e. The van der Waals surface area contributed by atoms with Crippen LogP contribution in [0.25, 0.3) is 39.6 Å². The zero-order valence-electron chi connectivity index (χ0n) is 18.3. The Labute approximate surface area is 190 Å². The van der Waals surface area contributed by atoms with Crippen LogP contribution < -0.4 is 9.47 Å². The Morgan fingerprint density at radius 1 is 0.788 bits per heavy atom. The summed E-state index contributed by atoms with van der Waals surface area (Å²) in [5, 5.41) is 8.52. The Bertz CT molecular complexity index is 1450. The van der Waals surface area contributed by atoms with E-state index in [1.54, 1.807) is 14.2 Å². The van der Waals surface area contributed by atoms with Gasteiger partial charge in [0.05, 0.1) is 49.7 Å². The van der Waals surface area contributed by atoms with Crippen molar-refractivity contribution < 1.29 is 9.47 Å². The lowest BCUT2D eigenvalue weighted by Crippen LogP contribution is -2.05. The van der Waals surface area contributed by atoms with E-state index in [-0.39, 0.29) is 0 Å². The molecule has 0 atom stereocenters. The Morgan fingerprint density at radius 2 is 1.45 bits per heavy atom. The minimum atomic E-state index is 0.599. The van der Waals surface area contributed by atoms with Gasteiger partial charge >= 0.3 is 0 Å². The van der Waals surface area contributed by atoms with Crippen molar-refractivity contribution in [2.75, 3.05) is 14.2 Å². The summed E-state index contributed by atoms with van der Waals surface area (Å²) in [7, 11) is 3.35. The summed E-state index contributed by atoms with van der Waals surface area (Å²) >= 11 is 0. The highest BCUT2D eigenvalue weighted by molar-refractivity contribution is 5.84. The van der Waals surface area contributed by atoms with Crippen LogP contribution in [-0.2, 0) is 6.54 Å². The van der Waals surface area contributed by atoms with E-state index in [9.17, 15) is 0 Å². The van der Waals surface area contributed by atoms with Crippen molar-refractivity contribution >= 4 is 0 Å². The zero-order valence-corrected chi connectivity index (χ0v) is 18.3. The van der Waals surface area contributed by atoms with Crippen molar-refractivity contribution in [3.8, 4) is 51.1 Å². The SMILES string of the molecule is COc1ccc(-c2nc3n(c2-c2ccc(OC)cc2)Cc2cnnn2-c2ccccc2-3)cc1. The van der Waals surface area contributed by atoms with Gasteiger partial charge in [0, 0.05) is 16.7 Å². The number of hydrogen-bond acceptors (Lipinski definition) is 5. The standard InChI is InChI=1S/C26H21N5O2/c1-32-20-11-7-17(8-12-20)24-25(18-9-13-21(33-2)14-10-18)30-16-19-15-27-29-31(19)23-6-4-3-5-22(23)26(30)28-24/h3-15H,16H2,1-2H3. The van der Waals surface area contributed by atoms with Crippen molar-refractivity contribution in [1.29, 1.82) is 0 Å². The molecule has 7 nitrogen and oxygen atoms in total. The average molecular weight is 435 g/mol. The van der Waals surface area contributed by atoms with Gasteiger partial charge < -0.3 is 14.0 Å². The van der Waals surface area contributed by atoms with Crippen molar-refractivity contribution in [1.82, 2.24) is 24.5 Å². The number of nitrogens with zero attached hydrogens (tertiary/aromatic N) is 5. The number of rotatable bonds is 4. The third-order valence-electron chi connectivity index (χ3n) is 6.01. The van der Waals surface area contributed by atoms with E-state index in [0.29, 0.717) is 6.54 Å².